The Morgan fingerprint density at radius 3 is 1.67 bits per heavy atom. The Bertz CT molecular complexity index is 905. The molecule has 18 heteroatoms. The van der Waals surface area contributed by atoms with Crippen LogP contribution in [-0.2, 0) is 24.0 Å². The molecule has 0 rings (SSSR count). The second-order valence-corrected chi connectivity index (χ2v) is 10.1. The number of nitrogens with one attached hydrogen (secondary N) is 4. The van der Waals surface area contributed by atoms with Gasteiger partial charge in [0.2, 0.25) is 23.6 Å². The van der Waals surface area contributed by atoms with Crippen LogP contribution in [0.15, 0.2) is 4.99 Å². The highest BCUT2D eigenvalue weighted by molar-refractivity contribution is 7.80. The van der Waals surface area contributed by atoms with E-state index in [1.165, 1.54) is 6.92 Å². The second-order valence-electron chi connectivity index (χ2n) is 9.70. The van der Waals surface area contributed by atoms with Gasteiger partial charge in [-0.2, -0.15) is 12.6 Å². The molecule has 0 saturated heterocycles. The van der Waals surface area contributed by atoms with E-state index in [1.807, 2.05) is 0 Å². The van der Waals surface area contributed by atoms with Crippen LogP contribution in [0.5, 0.6) is 0 Å². The molecule has 4 amide bonds. The summed E-state index contributed by atoms with van der Waals surface area (Å²) in [5.41, 5.74) is 27.3. The van der Waals surface area contributed by atoms with E-state index < -0.39 is 65.9 Å². The van der Waals surface area contributed by atoms with Crippen molar-refractivity contribution in [3.05, 3.63) is 0 Å². The van der Waals surface area contributed by atoms with Gasteiger partial charge in [-0.25, -0.2) is 4.79 Å². The summed E-state index contributed by atoms with van der Waals surface area (Å²) in [5.74, 6) is -4.58. The molecule has 0 aromatic heterocycles. The lowest BCUT2D eigenvalue weighted by Crippen LogP contribution is -2.59. The van der Waals surface area contributed by atoms with Crippen molar-refractivity contribution in [1.82, 2.24) is 21.3 Å². The first-order chi connectivity index (χ1) is 19.8. The molecule has 0 unspecified atom stereocenters. The first-order valence-electron chi connectivity index (χ1n) is 13.7. The van der Waals surface area contributed by atoms with Crippen molar-refractivity contribution in [2.75, 3.05) is 25.4 Å². The van der Waals surface area contributed by atoms with Gasteiger partial charge >= 0.3 is 5.97 Å². The molecule has 0 aromatic rings. The van der Waals surface area contributed by atoms with Gasteiger partial charge in [0.05, 0.1) is 6.10 Å². The van der Waals surface area contributed by atoms with E-state index in [1.54, 1.807) is 0 Å². The van der Waals surface area contributed by atoms with Crippen molar-refractivity contribution < 1.29 is 34.2 Å². The zero-order valence-electron chi connectivity index (χ0n) is 24.0. The zero-order valence-corrected chi connectivity index (χ0v) is 24.9. The number of thiol groups is 1. The molecule has 0 heterocycles. The quantitative estimate of drug-likeness (QED) is 0.0236. The van der Waals surface area contributed by atoms with Crippen molar-refractivity contribution in [2.45, 2.75) is 88.2 Å². The van der Waals surface area contributed by atoms with Crippen molar-refractivity contribution in [3.63, 3.8) is 0 Å². The van der Waals surface area contributed by atoms with Crippen LogP contribution in [0.2, 0.25) is 0 Å². The molecule has 42 heavy (non-hydrogen) atoms. The van der Waals surface area contributed by atoms with Crippen LogP contribution in [0.4, 0.5) is 0 Å². The zero-order chi connectivity index (χ0) is 32.2. The number of hydrogen-bond acceptors (Lipinski definition) is 11. The molecule has 17 nitrogen and oxygen atoms in total. The van der Waals surface area contributed by atoms with Gasteiger partial charge in [-0.3, -0.25) is 24.2 Å². The molecule has 16 N–H and O–H groups in total. The van der Waals surface area contributed by atoms with Crippen LogP contribution in [0.25, 0.3) is 0 Å². The molecule has 0 radical (unpaired) electrons. The van der Waals surface area contributed by atoms with E-state index in [9.17, 15) is 34.2 Å². The normalized spacial score (nSPS) is 15.2. The van der Waals surface area contributed by atoms with Gasteiger partial charge in [0, 0.05) is 12.3 Å². The number of amides is 4. The summed E-state index contributed by atoms with van der Waals surface area (Å²) in [6.45, 7) is 2.07. The topological polar surface area (TPSA) is 316 Å². The summed E-state index contributed by atoms with van der Waals surface area (Å²) in [7, 11) is 0. The maximum atomic E-state index is 13.2. The van der Waals surface area contributed by atoms with Gasteiger partial charge in [-0.05, 0) is 65.0 Å². The second kappa shape index (κ2) is 21.5. The summed E-state index contributed by atoms with van der Waals surface area (Å²) < 4.78 is 0. The lowest BCUT2D eigenvalue weighted by Gasteiger charge is -2.26. The van der Waals surface area contributed by atoms with E-state index in [-0.39, 0.29) is 50.5 Å². The lowest BCUT2D eigenvalue weighted by atomic mass is 10.0. The van der Waals surface area contributed by atoms with Crippen LogP contribution in [-0.4, -0.2) is 107 Å². The van der Waals surface area contributed by atoms with Crippen molar-refractivity contribution >= 4 is 48.2 Å². The molecule has 0 aromatic carbocycles. The Hall–Kier alpha value is -3.19. The van der Waals surface area contributed by atoms with Crippen molar-refractivity contribution in [1.29, 1.82) is 0 Å². The van der Waals surface area contributed by atoms with Gasteiger partial charge < -0.3 is 60.1 Å². The van der Waals surface area contributed by atoms with E-state index in [0.29, 0.717) is 25.8 Å². The number of unbranched alkanes of at least 4 members (excludes halogenated alkanes) is 1. The maximum Gasteiger partial charge on any atom is 0.326 e. The number of carboxylic acids is 1. The maximum absolute atomic E-state index is 13.2. The molecular formula is C24H48N10O7S. The largest absolute Gasteiger partial charge is 0.480 e. The minimum atomic E-state index is -1.29. The SMILES string of the molecule is C[C@@H](O)[C@H](N)C(=O)N[C@@H](CCCCN)C(=O)N[C@@H](CCCN)C(=O)N[C@@H](CS)C(=O)N[C@@H](CCCN=C(N)N)C(=O)O. The van der Waals surface area contributed by atoms with E-state index in [0.717, 1.165) is 0 Å². The van der Waals surface area contributed by atoms with Gasteiger partial charge in [-0.1, -0.05) is 0 Å². The van der Waals surface area contributed by atoms with Gasteiger partial charge in [-0.15, -0.1) is 0 Å². The highest BCUT2D eigenvalue weighted by atomic mass is 32.1. The minimum absolute atomic E-state index is 0.0241. The van der Waals surface area contributed by atoms with Crippen LogP contribution in [0, 0.1) is 0 Å². The number of aliphatic imine (C=N–C) groups is 1. The summed E-state index contributed by atoms with van der Waals surface area (Å²) in [6, 6.07) is -6.01. The van der Waals surface area contributed by atoms with Crippen molar-refractivity contribution in [3.8, 4) is 0 Å². The number of carboxylic acid groups (broad SMARTS) is 1. The number of carbonyl (C=O) groups excluding carboxylic acids is 4. The van der Waals surface area contributed by atoms with Crippen LogP contribution in [0.1, 0.15) is 51.9 Å². The number of rotatable bonds is 22. The summed E-state index contributed by atoms with van der Waals surface area (Å²) in [5, 5.41) is 29.0. The standard InChI is InChI=1S/C24H48N10O7S/c1-13(35)18(27)22(39)32-14(6-2-3-9-25)19(36)31-15(7-4-10-26)20(37)34-17(12-42)21(38)33-16(23(40)41)8-5-11-30-24(28)29/h13-18,35,42H,2-12,25-27H2,1H3,(H,31,36)(H,32,39)(H,33,38)(H,34,37)(H,40,41)(H4,28,29,30)/t13-,14+,15+,16+,17+,18+/m1/s1. The predicted molar refractivity (Wildman–Crippen MR) is 160 cm³/mol. The average molecular weight is 621 g/mol. The van der Waals surface area contributed by atoms with Crippen LogP contribution >= 0.6 is 12.6 Å². The van der Waals surface area contributed by atoms with E-state index in [4.69, 9.17) is 28.7 Å². The number of nitrogens with two attached hydrogens (primary N) is 5. The van der Waals surface area contributed by atoms with Crippen LogP contribution < -0.4 is 49.9 Å². The number of aliphatic hydroxyl groups excluding tert-OH is 1. The summed E-state index contributed by atoms with van der Waals surface area (Å²) in [4.78, 5) is 67.0. The van der Waals surface area contributed by atoms with E-state index >= 15 is 0 Å². The highest BCUT2D eigenvalue weighted by Gasteiger charge is 2.31. The van der Waals surface area contributed by atoms with Gasteiger partial charge in [0.1, 0.15) is 30.2 Å². The molecule has 0 aliphatic heterocycles. The Morgan fingerprint density at radius 1 is 0.738 bits per heavy atom. The number of nitrogens with zero attached hydrogens (tertiary/aromatic N) is 1. The average Bonchev–Trinajstić information content (AvgIpc) is 2.93. The Balaban J connectivity index is 5.57. The first-order valence-corrected chi connectivity index (χ1v) is 14.4. The fraction of sp³-hybridized carbons (Fsp3) is 0.750. The smallest absolute Gasteiger partial charge is 0.326 e. The molecule has 0 bridgehead atoms. The number of aliphatic hydroxyl groups is 1. The summed E-state index contributed by atoms with van der Waals surface area (Å²) in [6.07, 6.45) is 0.818. The molecule has 0 aliphatic carbocycles. The number of hydrogen-bond donors (Lipinski definition) is 12. The monoisotopic (exact) mass is 620 g/mol. The van der Waals surface area contributed by atoms with Crippen molar-refractivity contribution in [2.24, 2.45) is 33.7 Å². The predicted octanol–water partition coefficient (Wildman–Crippen LogP) is -4.43. The van der Waals surface area contributed by atoms with Gasteiger partial charge in [0.25, 0.3) is 0 Å². The van der Waals surface area contributed by atoms with Crippen LogP contribution in [0.3, 0.4) is 0 Å². The Kier molecular flexibility index (Phi) is 19.9. The highest BCUT2D eigenvalue weighted by Crippen LogP contribution is 2.06. The third kappa shape index (κ3) is 15.7. The fourth-order valence-electron chi connectivity index (χ4n) is 3.61. The molecule has 0 aliphatic rings. The minimum Gasteiger partial charge on any atom is -0.480 e. The molecule has 6 atom stereocenters. The summed E-state index contributed by atoms with van der Waals surface area (Å²) >= 11 is 4.11. The third-order valence-electron chi connectivity index (χ3n) is 6.11. The number of aliphatic carboxylic acids is 1. The lowest BCUT2D eigenvalue weighted by molar-refractivity contribution is -0.142. The third-order valence-corrected chi connectivity index (χ3v) is 6.47. The molecule has 0 fully saturated rings. The number of guanidine groups is 1. The molecule has 0 saturated carbocycles. The molecule has 242 valence electrons. The first kappa shape index (κ1) is 38.8. The van der Waals surface area contributed by atoms with E-state index in [2.05, 4.69) is 38.9 Å². The Labute approximate surface area is 250 Å². The number of carbonyl (C=O) groups is 5. The molecule has 0 spiro atoms. The molecular weight excluding hydrogens is 572 g/mol. The Morgan fingerprint density at radius 2 is 1.19 bits per heavy atom. The van der Waals surface area contributed by atoms with Gasteiger partial charge in [0.15, 0.2) is 5.96 Å². The fourth-order valence-corrected chi connectivity index (χ4v) is 3.87.